The molecule has 0 atom stereocenters. The minimum atomic E-state index is 0. The van der Waals surface area contributed by atoms with E-state index in [2.05, 4.69) is 20.8 Å². The summed E-state index contributed by atoms with van der Waals surface area (Å²) in [5.41, 5.74) is 0. The van der Waals surface area contributed by atoms with Crippen molar-refractivity contribution in [1.82, 2.24) is 0 Å². The molecule has 1 rings (SSSR count). The van der Waals surface area contributed by atoms with Gasteiger partial charge in [0.1, 0.15) is 6.71 Å². The average molecular weight is 202 g/mol. The largest absolute Gasteiger partial charge is 1.00 e. The molecule has 0 unspecified atom stereocenters. The van der Waals surface area contributed by atoms with E-state index in [-0.39, 0.29) is 18.9 Å². The maximum Gasteiger partial charge on any atom is 1.00 e. The summed E-state index contributed by atoms with van der Waals surface area (Å²) in [5, 5.41) is 10.4. The van der Waals surface area contributed by atoms with E-state index in [4.69, 9.17) is 0 Å². The van der Waals surface area contributed by atoms with Gasteiger partial charge in [0.2, 0.25) is 0 Å². The maximum absolute atomic E-state index is 10.4. The van der Waals surface area contributed by atoms with Gasteiger partial charge >= 0.3 is 18.9 Å². The molecule has 0 radical (unpaired) electrons. The second-order valence-corrected chi connectivity index (χ2v) is 4.01. The molecule has 0 heterocycles. The molecule has 0 aromatic heterocycles. The molecule has 82 valence electrons. The summed E-state index contributed by atoms with van der Waals surface area (Å²) in [6.07, 6.45) is 9.98. The van der Waals surface area contributed by atoms with Gasteiger partial charge in [0, 0.05) is 0 Å². The fourth-order valence-corrected chi connectivity index (χ4v) is 1.67. The molecule has 3 heteroatoms. The van der Waals surface area contributed by atoms with E-state index in [9.17, 15) is 5.11 Å². The van der Waals surface area contributed by atoms with Crippen molar-refractivity contribution in [2.75, 3.05) is 0 Å². The first kappa shape index (κ1) is 17.6. The molecule has 0 aromatic rings. The molecule has 0 saturated heterocycles. The summed E-state index contributed by atoms with van der Waals surface area (Å²) in [7, 11) is 0. The first-order valence-corrected chi connectivity index (χ1v) is 6.10. The van der Waals surface area contributed by atoms with Crippen LogP contribution in [0.3, 0.4) is 0 Å². The Kier molecular flexibility index (Phi) is 14.4. The van der Waals surface area contributed by atoms with Crippen LogP contribution in [0.25, 0.3) is 0 Å². The molecule has 0 aliphatic heterocycles. The van der Waals surface area contributed by atoms with Crippen molar-refractivity contribution < 1.29 is 24.0 Å². The third kappa shape index (κ3) is 10.5. The molecule has 1 aliphatic carbocycles. The van der Waals surface area contributed by atoms with E-state index in [1.165, 1.54) is 25.4 Å². The molecule has 0 bridgehead atoms. The van der Waals surface area contributed by atoms with Gasteiger partial charge in [-0.15, -0.1) is 5.76 Å². The third-order valence-electron chi connectivity index (χ3n) is 2.98. The Labute approximate surface area is 108 Å². The Hall–Kier alpha value is 0.202. The van der Waals surface area contributed by atoms with Crippen molar-refractivity contribution >= 4 is 6.71 Å². The van der Waals surface area contributed by atoms with E-state index in [0.717, 1.165) is 26.0 Å². The van der Waals surface area contributed by atoms with Crippen molar-refractivity contribution in [3.8, 4) is 0 Å². The van der Waals surface area contributed by atoms with Crippen molar-refractivity contribution in [1.29, 1.82) is 0 Å². The van der Waals surface area contributed by atoms with E-state index in [0.29, 0.717) is 5.76 Å². The van der Waals surface area contributed by atoms with Crippen LogP contribution in [0.5, 0.6) is 0 Å². The molecule has 1 aliphatic rings. The third-order valence-corrected chi connectivity index (χ3v) is 2.98. The summed E-state index contributed by atoms with van der Waals surface area (Å²) in [6.45, 7) is 7.77. The van der Waals surface area contributed by atoms with Crippen LogP contribution in [-0.4, -0.2) is 6.71 Å². The van der Waals surface area contributed by atoms with Crippen LogP contribution < -0.4 is 24.0 Å². The number of hydrogen-bond acceptors (Lipinski definition) is 1. The second-order valence-electron chi connectivity index (χ2n) is 4.01. The van der Waals surface area contributed by atoms with Crippen LogP contribution >= 0.6 is 0 Å². The molecule has 0 amide bonds. The fraction of sp³-hybridized carbons (Fsp3) is 0.833. The van der Waals surface area contributed by atoms with Gasteiger partial charge in [0.05, 0.1) is 0 Å². The predicted octanol–water partition coefficient (Wildman–Crippen LogP) is 0.349. The summed E-state index contributed by atoms with van der Waals surface area (Å²) in [4.78, 5) is 0. The van der Waals surface area contributed by atoms with Gasteiger partial charge in [-0.2, -0.15) is 0 Å². The molecule has 15 heavy (non-hydrogen) atoms. The summed E-state index contributed by atoms with van der Waals surface area (Å²) >= 11 is 0. The van der Waals surface area contributed by atoms with Crippen LogP contribution in [0.1, 0.15) is 46.5 Å². The van der Waals surface area contributed by atoms with Gasteiger partial charge in [0.15, 0.2) is 0 Å². The Balaban J connectivity index is 0. The van der Waals surface area contributed by atoms with Gasteiger partial charge in [-0.3, -0.25) is 0 Å². The smallest absolute Gasteiger partial charge is 0.876 e. The van der Waals surface area contributed by atoms with Crippen LogP contribution in [0, 0.1) is 0 Å². The zero-order valence-electron chi connectivity index (χ0n) is 11.0. The quantitative estimate of drug-likeness (QED) is 0.605. The normalized spacial score (nSPS) is 14.2. The molecule has 0 aromatic carbocycles. The number of rotatable bonds is 3. The monoisotopic (exact) mass is 202 g/mol. The molecule has 0 N–H and O–H groups in total. The average Bonchev–Trinajstić information content (AvgIpc) is 2.22. The van der Waals surface area contributed by atoms with Crippen molar-refractivity contribution in [3.05, 3.63) is 11.8 Å². The van der Waals surface area contributed by atoms with Crippen LogP contribution in [-0.2, 0) is 0 Å². The van der Waals surface area contributed by atoms with E-state index < -0.39 is 0 Å². The fourth-order valence-electron chi connectivity index (χ4n) is 1.67. The van der Waals surface area contributed by atoms with Crippen LogP contribution in [0.2, 0.25) is 19.0 Å². The standard InChI is InChI=1S/C6H15B.C6H10O.Li/c1-4-7(5-2)6-3;7-6-4-2-1-3-5-6;/h4-6H2,1-3H3;4,7H,1-3,5H2;/q;;+1/p-1. The Bertz CT molecular complexity index is 150. The molecular weight excluding hydrogens is 178 g/mol. The molecule has 0 spiro atoms. The SMILES string of the molecule is CCB(CC)CC.[Li+].[O-]C1=CCCCC1. The predicted molar refractivity (Wildman–Crippen MR) is 63.7 cm³/mol. The second kappa shape index (κ2) is 12.3. The van der Waals surface area contributed by atoms with Gasteiger partial charge in [-0.25, -0.2) is 0 Å². The molecule has 0 saturated carbocycles. The van der Waals surface area contributed by atoms with Crippen molar-refractivity contribution in [2.45, 2.75) is 65.4 Å². The minimum absolute atomic E-state index is 0. The number of allylic oxidation sites excluding steroid dienone is 2. The Morgan fingerprint density at radius 3 is 1.80 bits per heavy atom. The minimum Gasteiger partial charge on any atom is -0.876 e. The molecule has 1 nitrogen and oxygen atoms in total. The molecular formula is C12H24BLiO. The number of hydrogen-bond donors (Lipinski definition) is 0. The first-order valence-electron chi connectivity index (χ1n) is 6.10. The first-order chi connectivity index (χ1) is 6.74. The van der Waals surface area contributed by atoms with E-state index in [1.807, 2.05) is 0 Å². The zero-order chi connectivity index (χ0) is 10.8. The van der Waals surface area contributed by atoms with E-state index >= 15 is 0 Å². The van der Waals surface area contributed by atoms with E-state index in [1.54, 1.807) is 6.08 Å². The summed E-state index contributed by atoms with van der Waals surface area (Å²) in [6, 6.07) is 0. The van der Waals surface area contributed by atoms with Gasteiger partial charge in [-0.1, -0.05) is 52.2 Å². The maximum atomic E-state index is 10.4. The summed E-state index contributed by atoms with van der Waals surface area (Å²) < 4.78 is 0. The Morgan fingerprint density at radius 2 is 1.67 bits per heavy atom. The van der Waals surface area contributed by atoms with Crippen LogP contribution in [0.4, 0.5) is 0 Å². The molecule has 0 fully saturated rings. The van der Waals surface area contributed by atoms with Gasteiger partial charge < -0.3 is 5.11 Å². The van der Waals surface area contributed by atoms with Crippen molar-refractivity contribution in [2.24, 2.45) is 0 Å². The summed E-state index contributed by atoms with van der Waals surface area (Å²) in [5.74, 6) is 0.339. The van der Waals surface area contributed by atoms with Crippen LogP contribution in [0.15, 0.2) is 11.8 Å². The topological polar surface area (TPSA) is 23.1 Å². The van der Waals surface area contributed by atoms with Gasteiger partial charge in [0.25, 0.3) is 0 Å². The van der Waals surface area contributed by atoms with Crippen molar-refractivity contribution in [3.63, 3.8) is 0 Å². The zero-order valence-corrected chi connectivity index (χ0v) is 11.0. The van der Waals surface area contributed by atoms with Gasteiger partial charge in [-0.05, 0) is 19.3 Å². The Morgan fingerprint density at radius 1 is 1.13 bits per heavy atom.